The topological polar surface area (TPSA) is 30.3 Å². The number of nitriles is 1. The molecule has 0 aromatic carbocycles. The van der Waals surface area contributed by atoms with Crippen molar-refractivity contribution < 1.29 is 0 Å². The predicted octanol–water partition coefficient (Wildman–Crippen LogP) is 0.926. The van der Waals surface area contributed by atoms with E-state index in [0.717, 1.165) is 24.4 Å². The Hall–Kier alpha value is -0.590. The molecular weight excluding hydrogens is 186 g/mol. The van der Waals surface area contributed by atoms with E-state index in [4.69, 9.17) is 5.26 Å². The lowest BCUT2D eigenvalue weighted by atomic mass is 9.84. The first-order valence-electron chi connectivity index (χ1n) is 6.18. The number of nitrogens with zero attached hydrogens (tertiary/aromatic N) is 3. The zero-order valence-electron chi connectivity index (χ0n) is 9.23. The largest absolute Gasteiger partial charge is 0.301 e. The maximum Gasteiger partial charge on any atom is 0.0635 e. The summed E-state index contributed by atoms with van der Waals surface area (Å²) in [5, 5.41) is 8.68. The molecule has 4 aliphatic rings. The Morgan fingerprint density at radius 2 is 1.93 bits per heavy atom. The molecule has 0 amide bonds. The van der Waals surface area contributed by atoms with E-state index in [2.05, 4.69) is 15.9 Å². The molecule has 0 spiro atoms. The zero-order chi connectivity index (χ0) is 10.3. The van der Waals surface area contributed by atoms with Crippen LogP contribution in [0.2, 0.25) is 0 Å². The quantitative estimate of drug-likeness (QED) is 0.671. The van der Waals surface area contributed by atoms with Gasteiger partial charge in [-0.3, -0.25) is 4.90 Å². The van der Waals surface area contributed by atoms with Crippen molar-refractivity contribution in [2.24, 2.45) is 11.8 Å². The van der Waals surface area contributed by atoms with Crippen LogP contribution in [0.3, 0.4) is 0 Å². The van der Waals surface area contributed by atoms with Crippen LogP contribution in [0.15, 0.2) is 0 Å². The third-order valence-corrected chi connectivity index (χ3v) is 4.29. The van der Waals surface area contributed by atoms with Crippen molar-refractivity contribution in [3.8, 4) is 6.07 Å². The summed E-state index contributed by atoms with van der Waals surface area (Å²) in [6.45, 7) is 6.17. The van der Waals surface area contributed by atoms with Crippen LogP contribution < -0.4 is 0 Å². The maximum absolute atomic E-state index is 8.68. The minimum absolute atomic E-state index is 0.702. The smallest absolute Gasteiger partial charge is 0.0635 e. The molecule has 4 atom stereocenters. The molecule has 0 aromatic heterocycles. The van der Waals surface area contributed by atoms with Gasteiger partial charge in [0.1, 0.15) is 0 Å². The highest BCUT2D eigenvalue weighted by atomic mass is 15.3. The average Bonchev–Trinajstić information content (AvgIpc) is 2.40. The average molecular weight is 205 g/mol. The van der Waals surface area contributed by atoms with Crippen LogP contribution in [-0.4, -0.2) is 48.6 Å². The van der Waals surface area contributed by atoms with E-state index in [1.54, 1.807) is 0 Å². The van der Waals surface area contributed by atoms with Crippen LogP contribution >= 0.6 is 0 Å². The van der Waals surface area contributed by atoms with Gasteiger partial charge in [-0.1, -0.05) is 0 Å². The van der Waals surface area contributed by atoms with Crippen molar-refractivity contribution in [1.29, 1.82) is 5.26 Å². The first-order chi connectivity index (χ1) is 7.35. The minimum Gasteiger partial charge on any atom is -0.301 e. The van der Waals surface area contributed by atoms with Crippen LogP contribution in [0, 0.1) is 23.2 Å². The molecule has 4 fully saturated rings. The van der Waals surface area contributed by atoms with Gasteiger partial charge in [0.15, 0.2) is 0 Å². The predicted molar refractivity (Wildman–Crippen MR) is 58.2 cm³/mol. The Kier molecular flexibility index (Phi) is 2.42. The van der Waals surface area contributed by atoms with Gasteiger partial charge in [-0.2, -0.15) is 5.26 Å². The Labute approximate surface area is 91.6 Å². The minimum atomic E-state index is 0.702. The van der Waals surface area contributed by atoms with Gasteiger partial charge in [-0.05, 0) is 24.7 Å². The molecule has 4 rings (SSSR count). The molecule has 4 aliphatic heterocycles. The van der Waals surface area contributed by atoms with Crippen LogP contribution in [0.1, 0.15) is 19.3 Å². The fourth-order valence-electron chi connectivity index (χ4n) is 3.85. The summed E-state index contributed by atoms with van der Waals surface area (Å²) in [4.78, 5) is 5.24. The van der Waals surface area contributed by atoms with E-state index in [9.17, 15) is 0 Å². The normalized spacial score (nSPS) is 43.9. The molecule has 0 radical (unpaired) electrons. The molecule has 3 nitrogen and oxygen atoms in total. The molecule has 82 valence electrons. The standard InChI is InChI=1S/C12H19N3/c13-2-1-3-15-8-11-4-10-5-12(15)9-14(6-10)7-11/h10-12H,1,3-9H2. The number of rotatable bonds is 2. The van der Waals surface area contributed by atoms with Crippen LogP contribution in [-0.2, 0) is 0 Å². The number of piperidine rings is 2. The van der Waals surface area contributed by atoms with Gasteiger partial charge in [-0.15, -0.1) is 0 Å². The lowest BCUT2D eigenvalue weighted by Gasteiger charge is -2.41. The molecule has 15 heavy (non-hydrogen) atoms. The highest BCUT2D eigenvalue weighted by molar-refractivity contribution is 4.96. The van der Waals surface area contributed by atoms with E-state index >= 15 is 0 Å². The Morgan fingerprint density at radius 1 is 1.07 bits per heavy atom. The first-order valence-corrected chi connectivity index (χ1v) is 6.18. The van der Waals surface area contributed by atoms with Gasteiger partial charge >= 0.3 is 0 Å². The second kappa shape index (κ2) is 3.77. The lowest BCUT2D eigenvalue weighted by Crippen LogP contribution is -2.49. The zero-order valence-corrected chi connectivity index (χ0v) is 9.23. The van der Waals surface area contributed by atoms with E-state index in [0.29, 0.717) is 6.42 Å². The van der Waals surface area contributed by atoms with Crippen molar-refractivity contribution in [3.63, 3.8) is 0 Å². The fourth-order valence-corrected chi connectivity index (χ4v) is 3.85. The van der Waals surface area contributed by atoms with Crippen molar-refractivity contribution >= 4 is 0 Å². The second-order valence-electron chi connectivity index (χ2n) is 5.48. The van der Waals surface area contributed by atoms with E-state index in [-0.39, 0.29) is 0 Å². The Balaban J connectivity index is 1.74. The fraction of sp³-hybridized carbons (Fsp3) is 0.917. The van der Waals surface area contributed by atoms with Gasteiger partial charge < -0.3 is 4.90 Å². The summed E-state index contributed by atoms with van der Waals surface area (Å²) in [5.41, 5.74) is 0. The molecule has 4 saturated heterocycles. The summed E-state index contributed by atoms with van der Waals surface area (Å²) in [6, 6.07) is 3.04. The van der Waals surface area contributed by atoms with Crippen LogP contribution in [0.5, 0.6) is 0 Å². The monoisotopic (exact) mass is 205 g/mol. The van der Waals surface area contributed by atoms with Crippen molar-refractivity contribution in [1.82, 2.24) is 9.80 Å². The number of hydrogen-bond acceptors (Lipinski definition) is 3. The van der Waals surface area contributed by atoms with E-state index < -0.39 is 0 Å². The number of fused-ring (bicyclic) bond motifs is 1. The lowest BCUT2D eigenvalue weighted by molar-refractivity contribution is 0.0801. The van der Waals surface area contributed by atoms with Gasteiger partial charge in [-0.25, -0.2) is 0 Å². The molecule has 0 N–H and O–H groups in total. The first kappa shape index (κ1) is 9.62. The third-order valence-electron chi connectivity index (χ3n) is 4.29. The van der Waals surface area contributed by atoms with Crippen molar-refractivity contribution in [2.75, 3.05) is 32.7 Å². The highest BCUT2D eigenvalue weighted by Crippen LogP contribution is 2.36. The van der Waals surface area contributed by atoms with Crippen molar-refractivity contribution in [3.05, 3.63) is 0 Å². The number of hydrogen-bond donors (Lipinski definition) is 0. The molecule has 0 aromatic rings. The molecule has 4 bridgehead atoms. The SMILES string of the molecule is N#CCCN1CC2CC3CC1CN(C3)C2. The van der Waals surface area contributed by atoms with Gasteiger partial charge in [0, 0.05) is 45.2 Å². The molecule has 4 unspecified atom stereocenters. The third kappa shape index (κ3) is 1.77. The highest BCUT2D eigenvalue weighted by Gasteiger charge is 2.41. The van der Waals surface area contributed by atoms with Crippen molar-refractivity contribution in [2.45, 2.75) is 25.3 Å². The van der Waals surface area contributed by atoms with Crippen LogP contribution in [0.25, 0.3) is 0 Å². The molecule has 0 aliphatic carbocycles. The second-order valence-corrected chi connectivity index (χ2v) is 5.48. The molecule has 0 saturated carbocycles. The Bertz CT molecular complexity index is 269. The summed E-state index contributed by atoms with van der Waals surface area (Å²) in [7, 11) is 0. The van der Waals surface area contributed by atoms with Crippen LogP contribution in [0.4, 0.5) is 0 Å². The summed E-state index contributed by atoms with van der Waals surface area (Å²) < 4.78 is 0. The van der Waals surface area contributed by atoms with E-state index in [1.807, 2.05) is 0 Å². The van der Waals surface area contributed by atoms with E-state index in [1.165, 1.54) is 39.0 Å². The summed E-state index contributed by atoms with van der Waals surface area (Å²) in [5.74, 6) is 1.84. The van der Waals surface area contributed by atoms with Gasteiger partial charge in [0.2, 0.25) is 0 Å². The van der Waals surface area contributed by atoms with Gasteiger partial charge in [0.05, 0.1) is 6.07 Å². The van der Waals surface area contributed by atoms with Gasteiger partial charge in [0.25, 0.3) is 0 Å². The summed E-state index contributed by atoms with van der Waals surface area (Å²) in [6.07, 6.45) is 3.53. The maximum atomic E-state index is 8.68. The summed E-state index contributed by atoms with van der Waals surface area (Å²) >= 11 is 0. The molecular formula is C12H19N3. The molecule has 4 heterocycles. The Morgan fingerprint density at radius 3 is 2.73 bits per heavy atom. The molecule has 3 heteroatoms.